The zero-order chi connectivity index (χ0) is 12.5. The van der Waals surface area contributed by atoms with Gasteiger partial charge in [0.05, 0.1) is 12.2 Å². The highest BCUT2D eigenvalue weighted by molar-refractivity contribution is 14.1. The molecule has 0 aliphatic carbocycles. The highest BCUT2D eigenvalue weighted by Crippen LogP contribution is 2.29. The standard InChI is InChI=1S/C15H11IO2/c16-12-6-4-10(5-7-12)13-3-1-2-11-8-9-18-15(17)14(11)13/h1-7H,8-9H2. The van der Waals surface area contributed by atoms with Gasteiger partial charge in [0.2, 0.25) is 0 Å². The van der Waals surface area contributed by atoms with Crippen LogP contribution < -0.4 is 0 Å². The summed E-state index contributed by atoms with van der Waals surface area (Å²) in [5, 5.41) is 0. The van der Waals surface area contributed by atoms with Crippen LogP contribution in [0.3, 0.4) is 0 Å². The second-order valence-corrected chi connectivity index (χ2v) is 5.48. The number of esters is 1. The molecule has 0 amide bonds. The monoisotopic (exact) mass is 350 g/mol. The van der Waals surface area contributed by atoms with Gasteiger partial charge in [-0.3, -0.25) is 0 Å². The maximum absolute atomic E-state index is 11.9. The van der Waals surface area contributed by atoms with E-state index in [4.69, 9.17) is 4.74 Å². The lowest BCUT2D eigenvalue weighted by Gasteiger charge is -2.18. The van der Waals surface area contributed by atoms with E-state index >= 15 is 0 Å². The van der Waals surface area contributed by atoms with Gasteiger partial charge in [-0.2, -0.15) is 0 Å². The Bertz CT molecular complexity index is 602. The van der Waals surface area contributed by atoms with Gasteiger partial charge < -0.3 is 4.74 Å². The van der Waals surface area contributed by atoms with E-state index in [1.807, 2.05) is 42.5 Å². The van der Waals surface area contributed by atoms with Crippen molar-refractivity contribution in [1.29, 1.82) is 0 Å². The van der Waals surface area contributed by atoms with Crippen molar-refractivity contribution in [3.05, 3.63) is 57.2 Å². The van der Waals surface area contributed by atoms with Crippen LogP contribution in [0, 0.1) is 3.57 Å². The smallest absolute Gasteiger partial charge is 0.339 e. The number of hydrogen-bond acceptors (Lipinski definition) is 2. The Morgan fingerprint density at radius 1 is 1.06 bits per heavy atom. The topological polar surface area (TPSA) is 26.3 Å². The first-order chi connectivity index (χ1) is 8.75. The number of carbonyl (C=O) groups excluding carboxylic acids is 1. The molecule has 0 atom stereocenters. The molecule has 0 fully saturated rings. The molecule has 18 heavy (non-hydrogen) atoms. The lowest BCUT2D eigenvalue weighted by molar-refractivity contribution is 0.0481. The predicted octanol–water partition coefficient (Wildman–Crippen LogP) is 3.67. The van der Waals surface area contributed by atoms with Crippen molar-refractivity contribution in [1.82, 2.24) is 0 Å². The van der Waals surface area contributed by atoms with E-state index in [-0.39, 0.29) is 5.97 Å². The van der Waals surface area contributed by atoms with Crippen molar-refractivity contribution >= 4 is 28.6 Å². The van der Waals surface area contributed by atoms with Gasteiger partial charge in [0.25, 0.3) is 0 Å². The van der Waals surface area contributed by atoms with Crippen LogP contribution in [0.5, 0.6) is 0 Å². The number of cyclic esters (lactones) is 1. The number of rotatable bonds is 1. The van der Waals surface area contributed by atoms with Gasteiger partial charge in [-0.15, -0.1) is 0 Å². The Labute approximate surface area is 119 Å². The summed E-state index contributed by atoms with van der Waals surface area (Å²) in [6, 6.07) is 14.2. The van der Waals surface area contributed by atoms with Crippen molar-refractivity contribution in [3.8, 4) is 11.1 Å². The van der Waals surface area contributed by atoms with Gasteiger partial charge in [0, 0.05) is 9.99 Å². The fraction of sp³-hybridized carbons (Fsp3) is 0.133. The van der Waals surface area contributed by atoms with Gasteiger partial charge in [-0.1, -0.05) is 30.3 Å². The molecule has 2 nitrogen and oxygen atoms in total. The third-order valence-electron chi connectivity index (χ3n) is 3.11. The van der Waals surface area contributed by atoms with E-state index in [9.17, 15) is 4.79 Å². The zero-order valence-electron chi connectivity index (χ0n) is 9.65. The molecule has 0 saturated heterocycles. The molecule has 3 heteroatoms. The fourth-order valence-corrected chi connectivity index (χ4v) is 2.60. The van der Waals surface area contributed by atoms with Crippen molar-refractivity contribution in [2.45, 2.75) is 6.42 Å². The van der Waals surface area contributed by atoms with E-state index in [1.165, 1.54) is 3.57 Å². The molecule has 0 N–H and O–H groups in total. The van der Waals surface area contributed by atoms with Gasteiger partial charge in [-0.05, 0) is 51.4 Å². The molecular weight excluding hydrogens is 339 g/mol. The summed E-state index contributed by atoms with van der Waals surface area (Å²) in [6.45, 7) is 0.488. The Kier molecular flexibility index (Phi) is 3.07. The van der Waals surface area contributed by atoms with Crippen molar-refractivity contribution in [3.63, 3.8) is 0 Å². The predicted molar refractivity (Wildman–Crippen MR) is 78.6 cm³/mol. The minimum absolute atomic E-state index is 0.203. The molecule has 0 aromatic heterocycles. The Morgan fingerprint density at radius 2 is 1.83 bits per heavy atom. The molecule has 1 aliphatic rings. The molecule has 0 spiro atoms. The molecule has 3 rings (SSSR count). The van der Waals surface area contributed by atoms with Gasteiger partial charge in [-0.25, -0.2) is 4.79 Å². The van der Waals surface area contributed by atoms with Crippen molar-refractivity contribution < 1.29 is 9.53 Å². The van der Waals surface area contributed by atoms with Crippen molar-refractivity contribution in [2.24, 2.45) is 0 Å². The summed E-state index contributed by atoms with van der Waals surface area (Å²) in [5.41, 5.74) is 3.84. The summed E-state index contributed by atoms with van der Waals surface area (Å²) in [6.07, 6.45) is 0.805. The molecule has 1 aliphatic heterocycles. The minimum atomic E-state index is -0.203. The van der Waals surface area contributed by atoms with Crippen LogP contribution in [0.25, 0.3) is 11.1 Å². The first-order valence-electron chi connectivity index (χ1n) is 5.80. The SMILES string of the molecule is O=C1OCCc2cccc(-c3ccc(I)cc3)c21. The molecule has 90 valence electrons. The highest BCUT2D eigenvalue weighted by Gasteiger charge is 2.22. The number of ether oxygens (including phenoxy) is 1. The molecule has 2 aromatic rings. The normalized spacial score (nSPS) is 13.9. The summed E-state index contributed by atoms with van der Waals surface area (Å²) < 4.78 is 6.33. The first-order valence-corrected chi connectivity index (χ1v) is 6.88. The molecule has 0 unspecified atom stereocenters. The number of fused-ring (bicyclic) bond motifs is 1. The zero-order valence-corrected chi connectivity index (χ0v) is 11.8. The second-order valence-electron chi connectivity index (χ2n) is 4.23. The van der Waals surface area contributed by atoms with Crippen LogP contribution in [-0.2, 0) is 11.2 Å². The summed E-state index contributed by atoms with van der Waals surface area (Å²) >= 11 is 2.27. The Morgan fingerprint density at radius 3 is 2.61 bits per heavy atom. The number of halogens is 1. The molecule has 0 saturated carbocycles. The van der Waals surface area contributed by atoms with E-state index in [0.29, 0.717) is 6.61 Å². The second kappa shape index (κ2) is 4.72. The van der Waals surface area contributed by atoms with Gasteiger partial charge >= 0.3 is 5.97 Å². The molecule has 2 aromatic carbocycles. The van der Waals surface area contributed by atoms with E-state index in [0.717, 1.165) is 28.7 Å². The van der Waals surface area contributed by atoms with E-state index in [2.05, 4.69) is 22.6 Å². The Balaban J connectivity index is 2.18. The molecule has 0 bridgehead atoms. The lowest BCUT2D eigenvalue weighted by Crippen LogP contribution is -2.18. The third kappa shape index (κ3) is 2.03. The number of carbonyl (C=O) groups is 1. The average molecular weight is 350 g/mol. The minimum Gasteiger partial charge on any atom is -0.462 e. The fourth-order valence-electron chi connectivity index (χ4n) is 2.25. The van der Waals surface area contributed by atoms with Gasteiger partial charge in [0.15, 0.2) is 0 Å². The van der Waals surface area contributed by atoms with Crippen LogP contribution in [-0.4, -0.2) is 12.6 Å². The maximum Gasteiger partial charge on any atom is 0.339 e. The van der Waals surface area contributed by atoms with E-state index in [1.54, 1.807) is 0 Å². The summed E-state index contributed by atoms with van der Waals surface area (Å²) in [4.78, 5) is 11.9. The third-order valence-corrected chi connectivity index (χ3v) is 3.83. The van der Waals surface area contributed by atoms with Crippen LogP contribution in [0.1, 0.15) is 15.9 Å². The maximum atomic E-state index is 11.9. The van der Waals surface area contributed by atoms with Gasteiger partial charge in [0.1, 0.15) is 0 Å². The van der Waals surface area contributed by atoms with Crippen LogP contribution in [0.4, 0.5) is 0 Å². The number of hydrogen-bond donors (Lipinski definition) is 0. The van der Waals surface area contributed by atoms with Crippen LogP contribution in [0.2, 0.25) is 0 Å². The van der Waals surface area contributed by atoms with Crippen molar-refractivity contribution in [2.75, 3.05) is 6.61 Å². The quantitative estimate of drug-likeness (QED) is 0.580. The Hall–Kier alpha value is -1.36. The largest absolute Gasteiger partial charge is 0.462 e. The number of benzene rings is 2. The first kappa shape index (κ1) is 11.7. The highest BCUT2D eigenvalue weighted by atomic mass is 127. The van der Waals surface area contributed by atoms with Crippen LogP contribution >= 0.6 is 22.6 Å². The molecule has 1 heterocycles. The van der Waals surface area contributed by atoms with E-state index < -0.39 is 0 Å². The summed E-state index contributed by atoms with van der Waals surface area (Å²) in [5.74, 6) is -0.203. The lowest BCUT2D eigenvalue weighted by atomic mass is 9.93. The van der Waals surface area contributed by atoms with Crippen LogP contribution in [0.15, 0.2) is 42.5 Å². The summed E-state index contributed by atoms with van der Waals surface area (Å²) in [7, 11) is 0. The molecular formula is C15H11IO2. The molecule has 0 radical (unpaired) electrons. The average Bonchev–Trinajstić information content (AvgIpc) is 2.39.